The molecular formula is C13H13BrFN3. The number of hydrogen-bond donors (Lipinski definition) is 2. The Balaban J connectivity index is 2.26. The zero-order valence-electron chi connectivity index (χ0n) is 9.61. The number of hydrogen-bond acceptors (Lipinski definition) is 3. The number of nitrogens with one attached hydrogen (secondary N) is 1. The minimum Gasteiger partial charge on any atom is -0.271 e. The Hall–Kier alpha value is -1.30. The molecule has 0 radical (unpaired) electrons. The van der Waals surface area contributed by atoms with Crippen LogP contribution in [0.3, 0.4) is 0 Å². The van der Waals surface area contributed by atoms with Crippen molar-refractivity contribution in [2.45, 2.75) is 12.5 Å². The normalized spacial score (nSPS) is 12.4. The van der Waals surface area contributed by atoms with E-state index in [-0.39, 0.29) is 11.9 Å². The van der Waals surface area contributed by atoms with Gasteiger partial charge in [0, 0.05) is 22.4 Å². The molecule has 0 fully saturated rings. The van der Waals surface area contributed by atoms with Crippen molar-refractivity contribution in [3.63, 3.8) is 0 Å². The summed E-state index contributed by atoms with van der Waals surface area (Å²) in [7, 11) is 0. The number of rotatable bonds is 4. The molecule has 3 nitrogen and oxygen atoms in total. The first-order valence-electron chi connectivity index (χ1n) is 5.50. The van der Waals surface area contributed by atoms with Crippen molar-refractivity contribution in [2.24, 2.45) is 5.84 Å². The lowest BCUT2D eigenvalue weighted by atomic mass is 10.00. The zero-order valence-corrected chi connectivity index (χ0v) is 11.2. The average molecular weight is 310 g/mol. The second-order valence-electron chi connectivity index (χ2n) is 3.94. The molecule has 0 aliphatic carbocycles. The van der Waals surface area contributed by atoms with Gasteiger partial charge in [0.05, 0.1) is 6.04 Å². The number of aromatic nitrogens is 1. The first-order chi connectivity index (χ1) is 8.70. The Labute approximate surface area is 113 Å². The molecule has 0 bridgehead atoms. The van der Waals surface area contributed by atoms with E-state index < -0.39 is 0 Å². The van der Waals surface area contributed by atoms with Crippen LogP contribution in [0, 0.1) is 5.82 Å². The van der Waals surface area contributed by atoms with Crippen molar-refractivity contribution >= 4 is 15.9 Å². The Morgan fingerprint density at radius 2 is 2.00 bits per heavy atom. The molecule has 0 saturated heterocycles. The predicted molar refractivity (Wildman–Crippen MR) is 72.1 cm³/mol. The molecule has 1 aromatic heterocycles. The zero-order chi connectivity index (χ0) is 13.0. The van der Waals surface area contributed by atoms with Crippen LogP contribution in [0.5, 0.6) is 0 Å². The Kier molecular flexibility index (Phi) is 4.41. The van der Waals surface area contributed by atoms with E-state index in [1.54, 1.807) is 24.5 Å². The monoisotopic (exact) mass is 309 g/mol. The smallest absolute Gasteiger partial charge is 0.128 e. The van der Waals surface area contributed by atoms with Crippen molar-refractivity contribution < 1.29 is 4.39 Å². The van der Waals surface area contributed by atoms with Gasteiger partial charge in [0.1, 0.15) is 5.82 Å². The van der Waals surface area contributed by atoms with E-state index in [2.05, 4.69) is 26.3 Å². The van der Waals surface area contributed by atoms with Gasteiger partial charge >= 0.3 is 0 Å². The molecule has 1 atom stereocenters. The van der Waals surface area contributed by atoms with E-state index in [0.29, 0.717) is 12.0 Å². The summed E-state index contributed by atoms with van der Waals surface area (Å²) in [5.74, 6) is 5.26. The summed E-state index contributed by atoms with van der Waals surface area (Å²) in [5, 5.41) is 0. The fourth-order valence-corrected chi connectivity index (χ4v) is 2.17. The minimum atomic E-state index is -0.273. The number of hydrazine groups is 1. The second kappa shape index (κ2) is 6.04. The van der Waals surface area contributed by atoms with Crippen LogP contribution in [0.25, 0.3) is 0 Å². The van der Waals surface area contributed by atoms with Gasteiger partial charge < -0.3 is 0 Å². The molecule has 0 amide bonds. The lowest BCUT2D eigenvalue weighted by molar-refractivity contribution is 0.510. The molecule has 0 saturated carbocycles. The predicted octanol–water partition coefficient (Wildman–Crippen LogP) is 2.73. The first-order valence-corrected chi connectivity index (χ1v) is 6.30. The van der Waals surface area contributed by atoms with Crippen molar-refractivity contribution in [2.75, 3.05) is 0 Å². The van der Waals surface area contributed by atoms with Crippen molar-refractivity contribution in [1.82, 2.24) is 10.4 Å². The topological polar surface area (TPSA) is 50.9 Å². The van der Waals surface area contributed by atoms with Crippen molar-refractivity contribution in [3.05, 3.63) is 64.1 Å². The minimum absolute atomic E-state index is 0.268. The van der Waals surface area contributed by atoms with Crippen molar-refractivity contribution in [3.8, 4) is 0 Å². The van der Waals surface area contributed by atoms with Gasteiger partial charge in [-0.1, -0.05) is 15.9 Å². The average Bonchev–Trinajstić information content (AvgIpc) is 2.40. The standard InChI is InChI=1S/C13H13BrFN3/c14-10-1-2-12(15)11(8-10)13(18-16)7-9-3-5-17-6-4-9/h1-6,8,13,18H,7,16H2. The van der Waals surface area contributed by atoms with Crippen molar-refractivity contribution in [1.29, 1.82) is 0 Å². The van der Waals surface area contributed by atoms with Crippen LogP contribution in [0.2, 0.25) is 0 Å². The molecule has 0 aliphatic heterocycles. The van der Waals surface area contributed by atoms with Crippen LogP contribution in [-0.2, 0) is 6.42 Å². The molecule has 1 aromatic carbocycles. The highest BCUT2D eigenvalue weighted by Gasteiger charge is 2.15. The molecule has 1 heterocycles. The van der Waals surface area contributed by atoms with Gasteiger partial charge in [-0.15, -0.1) is 0 Å². The summed E-state index contributed by atoms with van der Waals surface area (Å²) in [6.45, 7) is 0. The number of nitrogens with two attached hydrogens (primary N) is 1. The molecule has 0 spiro atoms. The van der Waals surface area contributed by atoms with Gasteiger partial charge in [-0.3, -0.25) is 16.3 Å². The molecule has 18 heavy (non-hydrogen) atoms. The number of halogens is 2. The van der Waals surface area contributed by atoms with Gasteiger partial charge in [-0.2, -0.15) is 0 Å². The summed E-state index contributed by atoms with van der Waals surface area (Å²) in [4.78, 5) is 3.95. The Morgan fingerprint density at radius 3 is 2.67 bits per heavy atom. The molecule has 0 aliphatic rings. The van der Waals surface area contributed by atoms with Gasteiger partial charge in [0.25, 0.3) is 0 Å². The van der Waals surface area contributed by atoms with Crippen LogP contribution in [0.15, 0.2) is 47.2 Å². The maximum absolute atomic E-state index is 13.8. The third kappa shape index (κ3) is 3.13. The summed E-state index contributed by atoms with van der Waals surface area (Å²) in [6.07, 6.45) is 4.02. The van der Waals surface area contributed by atoms with Gasteiger partial charge in [0.2, 0.25) is 0 Å². The van der Waals surface area contributed by atoms with Crippen LogP contribution < -0.4 is 11.3 Å². The highest BCUT2D eigenvalue weighted by Crippen LogP contribution is 2.24. The van der Waals surface area contributed by atoms with Gasteiger partial charge in [-0.05, 0) is 42.3 Å². The molecular weight excluding hydrogens is 297 g/mol. The van der Waals surface area contributed by atoms with E-state index in [9.17, 15) is 4.39 Å². The van der Waals surface area contributed by atoms with E-state index in [4.69, 9.17) is 5.84 Å². The maximum atomic E-state index is 13.8. The lowest BCUT2D eigenvalue weighted by Gasteiger charge is -2.17. The first kappa shape index (κ1) is 13.1. The van der Waals surface area contributed by atoms with Crippen LogP contribution in [-0.4, -0.2) is 4.98 Å². The lowest BCUT2D eigenvalue weighted by Crippen LogP contribution is -2.30. The number of pyridine rings is 1. The molecule has 2 rings (SSSR count). The van der Waals surface area contributed by atoms with Crippen LogP contribution >= 0.6 is 15.9 Å². The van der Waals surface area contributed by atoms with E-state index in [1.165, 1.54) is 6.07 Å². The van der Waals surface area contributed by atoms with E-state index in [1.807, 2.05) is 12.1 Å². The summed E-state index contributed by atoms with van der Waals surface area (Å²) in [6, 6.07) is 8.33. The van der Waals surface area contributed by atoms with E-state index >= 15 is 0 Å². The fraction of sp³-hybridized carbons (Fsp3) is 0.154. The number of benzene rings is 1. The third-order valence-electron chi connectivity index (χ3n) is 2.72. The SMILES string of the molecule is NNC(Cc1ccncc1)c1cc(Br)ccc1F. The molecule has 1 unspecified atom stereocenters. The Bertz CT molecular complexity index is 519. The van der Waals surface area contributed by atoms with Gasteiger partial charge in [0.15, 0.2) is 0 Å². The summed E-state index contributed by atoms with van der Waals surface area (Å²) >= 11 is 3.33. The summed E-state index contributed by atoms with van der Waals surface area (Å²) < 4.78 is 14.6. The number of nitrogens with zero attached hydrogens (tertiary/aromatic N) is 1. The molecule has 3 N–H and O–H groups in total. The molecule has 94 valence electrons. The second-order valence-corrected chi connectivity index (χ2v) is 4.86. The highest BCUT2D eigenvalue weighted by atomic mass is 79.9. The third-order valence-corrected chi connectivity index (χ3v) is 3.22. The molecule has 5 heteroatoms. The highest BCUT2D eigenvalue weighted by molar-refractivity contribution is 9.10. The Morgan fingerprint density at radius 1 is 1.28 bits per heavy atom. The van der Waals surface area contributed by atoms with Crippen LogP contribution in [0.1, 0.15) is 17.2 Å². The molecule has 2 aromatic rings. The van der Waals surface area contributed by atoms with E-state index in [0.717, 1.165) is 10.0 Å². The largest absolute Gasteiger partial charge is 0.271 e. The summed E-state index contributed by atoms with van der Waals surface area (Å²) in [5.41, 5.74) is 4.25. The maximum Gasteiger partial charge on any atom is 0.128 e. The quantitative estimate of drug-likeness (QED) is 0.674. The van der Waals surface area contributed by atoms with Gasteiger partial charge in [-0.25, -0.2) is 4.39 Å². The van der Waals surface area contributed by atoms with Crippen LogP contribution in [0.4, 0.5) is 4.39 Å². The fourth-order valence-electron chi connectivity index (χ4n) is 1.79.